The average Bonchev–Trinajstić information content (AvgIpc) is 2.34. The number of nitrogens with one attached hydrogen (secondary N) is 1. The highest BCUT2D eigenvalue weighted by Crippen LogP contribution is 2.27. The van der Waals surface area contributed by atoms with Crippen LogP contribution in [0.5, 0.6) is 5.75 Å². The summed E-state index contributed by atoms with van der Waals surface area (Å²) in [4.78, 5) is 12.1. The second-order valence-electron chi connectivity index (χ2n) is 5.42. The lowest BCUT2D eigenvalue weighted by Gasteiger charge is -2.20. The van der Waals surface area contributed by atoms with Crippen LogP contribution in [0.4, 0.5) is 0 Å². The lowest BCUT2D eigenvalue weighted by Crippen LogP contribution is -2.25. The van der Waals surface area contributed by atoms with E-state index < -0.39 is 0 Å². The summed E-state index contributed by atoms with van der Waals surface area (Å²) in [6.45, 7) is 9.10. The van der Waals surface area contributed by atoms with E-state index in [1.54, 1.807) is 7.11 Å². The zero-order valence-corrected chi connectivity index (χ0v) is 12.0. The maximum atomic E-state index is 12.1. The third kappa shape index (κ3) is 3.49. The van der Waals surface area contributed by atoms with Crippen LogP contribution in [0.2, 0.25) is 0 Å². The fourth-order valence-electron chi connectivity index (χ4n) is 1.69. The van der Waals surface area contributed by atoms with Gasteiger partial charge in [-0.3, -0.25) is 4.79 Å². The van der Waals surface area contributed by atoms with Crippen molar-refractivity contribution in [2.75, 3.05) is 13.7 Å². The normalized spacial score (nSPS) is 11.2. The predicted molar refractivity (Wildman–Crippen MR) is 74.3 cm³/mol. The molecule has 18 heavy (non-hydrogen) atoms. The molecular formula is C15H23NO2. The van der Waals surface area contributed by atoms with E-state index in [2.05, 4.69) is 26.1 Å². The number of benzene rings is 1. The summed E-state index contributed by atoms with van der Waals surface area (Å²) in [5.41, 5.74) is 1.76. The highest BCUT2D eigenvalue weighted by Gasteiger charge is 2.18. The van der Waals surface area contributed by atoms with Crippen molar-refractivity contribution in [3.8, 4) is 5.75 Å². The molecule has 0 bridgehead atoms. The molecule has 1 rings (SSSR count). The predicted octanol–water partition coefficient (Wildman–Crippen LogP) is 3.13. The first kappa shape index (κ1) is 14.6. The summed E-state index contributed by atoms with van der Waals surface area (Å²) in [5.74, 6) is 0.552. The van der Waals surface area contributed by atoms with Gasteiger partial charge < -0.3 is 10.1 Å². The SMILES string of the molecule is CCCNC(=O)c1cc(C(C)(C)C)ccc1OC. The monoisotopic (exact) mass is 249 g/mol. The fourth-order valence-corrected chi connectivity index (χ4v) is 1.69. The van der Waals surface area contributed by atoms with Crippen molar-refractivity contribution in [2.45, 2.75) is 39.5 Å². The van der Waals surface area contributed by atoms with Gasteiger partial charge in [-0.05, 0) is 29.5 Å². The molecule has 1 N–H and O–H groups in total. The summed E-state index contributed by atoms with van der Waals surface area (Å²) in [7, 11) is 1.59. The molecule has 3 nitrogen and oxygen atoms in total. The van der Waals surface area contributed by atoms with Gasteiger partial charge in [0.15, 0.2) is 0 Å². The van der Waals surface area contributed by atoms with Crippen LogP contribution >= 0.6 is 0 Å². The van der Waals surface area contributed by atoms with Crippen molar-refractivity contribution in [1.29, 1.82) is 0 Å². The minimum Gasteiger partial charge on any atom is -0.496 e. The highest BCUT2D eigenvalue weighted by molar-refractivity contribution is 5.97. The second kappa shape index (κ2) is 5.89. The molecule has 0 fully saturated rings. The average molecular weight is 249 g/mol. The molecular weight excluding hydrogens is 226 g/mol. The number of amides is 1. The van der Waals surface area contributed by atoms with Crippen molar-refractivity contribution in [3.63, 3.8) is 0 Å². The number of hydrogen-bond donors (Lipinski definition) is 1. The Morgan fingerprint density at radius 3 is 2.50 bits per heavy atom. The zero-order chi connectivity index (χ0) is 13.8. The van der Waals surface area contributed by atoms with Gasteiger partial charge in [0, 0.05) is 6.54 Å². The van der Waals surface area contributed by atoms with Gasteiger partial charge in [0.05, 0.1) is 12.7 Å². The van der Waals surface area contributed by atoms with Crippen molar-refractivity contribution < 1.29 is 9.53 Å². The van der Waals surface area contributed by atoms with Gasteiger partial charge in [-0.2, -0.15) is 0 Å². The first-order chi connectivity index (χ1) is 8.40. The van der Waals surface area contributed by atoms with Crippen molar-refractivity contribution in [2.24, 2.45) is 0 Å². The van der Waals surface area contributed by atoms with Crippen LogP contribution in [0.1, 0.15) is 50.0 Å². The maximum Gasteiger partial charge on any atom is 0.255 e. The third-order valence-corrected chi connectivity index (χ3v) is 2.85. The van der Waals surface area contributed by atoms with E-state index >= 15 is 0 Å². The van der Waals surface area contributed by atoms with Crippen molar-refractivity contribution >= 4 is 5.91 Å². The largest absolute Gasteiger partial charge is 0.496 e. The van der Waals surface area contributed by atoms with Crippen LogP contribution in [-0.2, 0) is 5.41 Å². The Labute approximate surface area is 110 Å². The van der Waals surface area contributed by atoms with Crippen molar-refractivity contribution in [1.82, 2.24) is 5.32 Å². The van der Waals surface area contributed by atoms with Gasteiger partial charge in [0.25, 0.3) is 5.91 Å². The van der Waals surface area contributed by atoms with Gasteiger partial charge >= 0.3 is 0 Å². The minimum absolute atomic E-state index is 0.0199. The number of carbonyl (C=O) groups excluding carboxylic acids is 1. The molecule has 0 heterocycles. The third-order valence-electron chi connectivity index (χ3n) is 2.85. The minimum atomic E-state index is -0.0696. The molecule has 0 aliphatic heterocycles. The molecule has 0 saturated carbocycles. The molecule has 0 aliphatic rings. The first-order valence-corrected chi connectivity index (χ1v) is 6.37. The molecule has 100 valence electrons. The van der Waals surface area contributed by atoms with Crippen LogP contribution < -0.4 is 10.1 Å². The maximum absolute atomic E-state index is 12.1. The Kier molecular flexibility index (Phi) is 4.76. The lowest BCUT2D eigenvalue weighted by atomic mass is 9.86. The molecule has 1 aromatic rings. The molecule has 0 saturated heterocycles. The van der Waals surface area contributed by atoms with Crippen LogP contribution in [0, 0.1) is 0 Å². The molecule has 1 aromatic carbocycles. The van der Waals surface area contributed by atoms with Gasteiger partial charge in [0.1, 0.15) is 5.75 Å². The molecule has 0 radical (unpaired) electrons. The van der Waals surface area contributed by atoms with Crippen LogP contribution in [-0.4, -0.2) is 19.6 Å². The van der Waals surface area contributed by atoms with E-state index in [1.165, 1.54) is 0 Å². The number of rotatable bonds is 4. The van der Waals surface area contributed by atoms with E-state index in [0.29, 0.717) is 17.9 Å². The van der Waals surface area contributed by atoms with E-state index in [-0.39, 0.29) is 11.3 Å². The zero-order valence-electron chi connectivity index (χ0n) is 12.0. The summed E-state index contributed by atoms with van der Waals surface area (Å²) < 4.78 is 5.25. The quantitative estimate of drug-likeness (QED) is 0.890. The molecule has 0 aromatic heterocycles. The van der Waals surface area contributed by atoms with E-state index in [1.807, 2.05) is 25.1 Å². The Hall–Kier alpha value is -1.51. The Morgan fingerprint density at radius 1 is 1.33 bits per heavy atom. The van der Waals surface area contributed by atoms with Crippen LogP contribution in [0.15, 0.2) is 18.2 Å². The summed E-state index contributed by atoms with van der Waals surface area (Å²) in [5, 5.41) is 2.88. The highest BCUT2D eigenvalue weighted by atomic mass is 16.5. The van der Waals surface area contributed by atoms with Gasteiger partial charge in [-0.25, -0.2) is 0 Å². The first-order valence-electron chi connectivity index (χ1n) is 6.37. The van der Waals surface area contributed by atoms with Crippen LogP contribution in [0.25, 0.3) is 0 Å². The standard InChI is InChI=1S/C15H23NO2/c1-6-9-16-14(17)12-10-11(15(2,3)4)7-8-13(12)18-5/h7-8,10H,6,9H2,1-5H3,(H,16,17). The summed E-state index contributed by atoms with van der Waals surface area (Å²) in [6.07, 6.45) is 0.924. The lowest BCUT2D eigenvalue weighted by molar-refractivity contribution is 0.0950. The Balaban J connectivity index is 3.10. The summed E-state index contributed by atoms with van der Waals surface area (Å²) in [6, 6.07) is 5.79. The molecule has 0 spiro atoms. The molecule has 1 amide bonds. The van der Waals surface area contributed by atoms with Crippen LogP contribution in [0.3, 0.4) is 0 Å². The van der Waals surface area contributed by atoms with Gasteiger partial charge in [0.2, 0.25) is 0 Å². The Bertz CT molecular complexity index is 419. The number of ether oxygens (including phenoxy) is 1. The summed E-state index contributed by atoms with van der Waals surface area (Å²) >= 11 is 0. The van der Waals surface area contributed by atoms with E-state index in [4.69, 9.17) is 4.74 Å². The number of hydrogen-bond acceptors (Lipinski definition) is 2. The van der Waals surface area contributed by atoms with Gasteiger partial charge in [-0.1, -0.05) is 33.8 Å². The number of carbonyl (C=O) groups is 1. The van der Waals surface area contributed by atoms with Crippen molar-refractivity contribution in [3.05, 3.63) is 29.3 Å². The van der Waals surface area contributed by atoms with E-state index in [0.717, 1.165) is 12.0 Å². The topological polar surface area (TPSA) is 38.3 Å². The molecule has 3 heteroatoms. The van der Waals surface area contributed by atoms with Gasteiger partial charge in [-0.15, -0.1) is 0 Å². The Morgan fingerprint density at radius 2 is 2.00 bits per heavy atom. The molecule has 0 atom stereocenters. The molecule has 0 aliphatic carbocycles. The second-order valence-corrected chi connectivity index (χ2v) is 5.42. The molecule has 0 unspecified atom stereocenters. The number of methoxy groups -OCH3 is 1. The van der Waals surface area contributed by atoms with E-state index in [9.17, 15) is 4.79 Å². The fraction of sp³-hybridized carbons (Fsp3) is 0.533. The smallest absolute Gasteiger partial charge is 0.255 e.